The summed E-state index contributed by atoms with van der Waals surface area (Å²) in [6, 6.07) is 0. The summed E-state index contributed by atoms with van der Waals surface area (Å²) >= 11 is 0.994. The number of aromatic nitrogens is 2. The number of fused-ring (bicyclic) bond motifs is 1. The highest BCUT2D eigenvalue weighted by Crippen LogP contribution is 2.26. The molecule has 0 bridgehead atoms. The van der Waals surface area contributed by atoms with Crippen molar-refractivity contribution in [3.8, 4) is 0 Å². The van der Waals surface area contributed by atoms with Crippen LogP contribution < -0.4 is 16.0 Å². The van der Waals surface area contributed by atoms with Crippen LogP contribution in [0.3, 0.4) is 0 Å². The predicted molar refractivity (Wildman–Crippen MR) is 99.0 cm³/mol. The minimum absolute atomic E-state index is 0.151. The smallest absolute Gasteiger partial charge is 0.390 e. The van der Waals surface area contributed by atoms with Crippen LogP contribution in [0.1, 0.15) is 39.7 Å². The monoisotopic (exact) mass is 405 g/mol. The van der Waals surface area contributed by atoms with Gasteiger partial charge in [0.05, 0.1) is 23.0 Å². The summed E-state index contributed by atoms with van der Waals surface area (Å²) in [6.07, 6.45) is -5.62. The quantitative estimate of drug-likeness (QED) is 0.719. The molecule has 0 unspecified atom stereocenters. The number of rotatable bonds is 6. The van der Waals surface area contributed by atoms with Gasteiger partial charge in [-0.15, -0.1) is 11.3 Å². The van der Waals surface area contributed by atoms with Gasteiger partial charge >= 0.3 is 19.3 Å². The van der Waals surface area contributed by atoms with Crippen LogP contribution in [0.4, 0.5) is 13.2 Å². The van der Waals surface area contributed by atoms with Crippen LogP contribution in [0.2, 0.25) is 0 Å². The third-order valence-electron chi connectivity index (χ3n) is 4.66. The molecular weight excluding hydrogens is 384 g/mol. The maximum Gasteiger partial charge on any atom is 0.390 e. The molecule has 2 heterocycles. The van der Waals surface area contributed by atoms with E-state index in [0.717, 1.165) is 15.9 Å². The number of H-pyrrole nitrogens is 1. The number of aryl methyl sites for hydroxylation is 2. The van der Waals surface area contributed by atoms with Crippen LogP contribution in [0.15, 0.2) is 9.59 Å². The summed E-state index contributed by atoms with van der Waals surface area (Å²) in [6.45, 7) is 7.55. The molecule has 0 amide bonds. The van der Waals surface area contributed by atoms with Gasteiger partial charge in [-0.3, -0.25) is 14.3 Å². The fourth-order valence-electron chi connectivity index (χ4n) is 2.19. The van der Waals surface area contributed by atoms with Gasteiger partial charge in [0.1, 0.15) is 4.83 Å². The Morgan fingerprint density at radius 2 is 1.81 bits per heavy atom. The lowest BCUT2D eigenvalue weighted by atomic mass is 9.85. The summed E-state index contributed by atoms with van der Waals surface area (Å²) in [5.74, 6) is 0. The van der Waals surface area contributed by atoms with Gasteiger partial charge in [-0.1, -0.05) is 0 Å². The van der Waals surface area contributed by atoms with E-state index < -0.39 is 41.6 Å². The Hall–Kier alpha value is -1.59. The zero-order chi connectivity index (χ0) is 20.8. The number of aromatic amines is 1. The predicted octanol–water partition coefficient (Wildman–Crippen LogP) is 1.82. The number of halogens is 3. The largest absolute Gasteiger partial charge is 0.426 e. The molecule has 2 aromatic heterocycles. The average molecular weight is 405 g/mol. The first kappa shape index (κ1) is 21.7. The van der Waals surface area contributed by atoms with E-state index in [1.807, 2.05) is 0 Å². The topological polar surface area (TPSA) is 84.3 Å². The van der Waals surface area contributed by atoms with E-state index in [-0.39, 0.29) is 10.2 Å². The zero-order valence-electron chi connectivity index (χ0n) is 15.7. The maximum absolute atomic E-state index is 12.6. The number of nitrogens with one attached hydrogen (secondary N) is 1. The van der Waals surface area contributed by atoms with E-state index >= 15 is 0 Å². The Bertz CT molecular complexity index is 954. The van der Waals surface area contributed by atoms with Crippen LogP contribution in [0, 0.1) is 6.92 Å². The minimum Gasteiger partial charge on any atom is -0.426 e. The van der Waals surface area contributed by atoms with Crippen molar-refractivity contribution in [3.05, 3.63) is 26.4 Å². The number of hydrogen-bond acceptors (Lipinski definition) is 5. The van der Waals surface area contributed by atoms with E-state index in [1.165, 1.54) is 7.48 Å². The Morgan fingerprint density at radius 1 is 1.22 bits per heavy atom. The number of nitrogens with zero attached hydrogens (tertiary/aromatic N) is 1. The van der Waals surface area contributed by atoms with Crippen molar-refractivity contribution < 1.29 is 22.9 Å². The third kappa shape index (κ3) is 4.64. The van der Waals surface area contributed by atoms with E-state index in [1.54, 1.807) is 34.6 Å². The second-order valence-electron chi connectivity index (χ2n) is 7.35. The second kappa shape index (κ2) is 7.10. The van der Waals surface area contributed by atoms with Crippen LogP contribution in [-0.2, 0) is 11.2 Å². The average Bonchev–Trinajstić information content (AvgIpc) is 2.80. The Morgan fingerprint density at radius 3 is 2.33 bits per heavy atom. The highest BCUT2D eigenvalue weighted by atomic mass is 32.1. The van der Waals surface area contributed by atoms with Gasteiger partial charge in [0.25, 0.3) is 5.56 Å². The highest BCUT2D eigenvalue weighted by Gasteiger charge is 2.36. The van der Waals surface area contributed by atoms with E-state index in [0.29, 0.717) is 10.3 Å². The molecule has 6 nitrogen and oxygen atoms in total. The van der Waals surface area contributed by atoms with E-state index in [4.69, 9.17) is 4.65 Å². The summed E-state index contributed by atoms with van der Waals surface area (Å²) in [5.41, 5.74) is -3.18. The van der Waals surface area contributed by atoms with Gasteiger partial charge in [0, 0.05) is 11.3 Å². The lowest BCUT2D eigenvalue weighted by molar-refractivity contribution is -0.136. The normalized spacial score (nSPS) is 13.4. The molecule has 1 radical (unpaired) electrons. The summed E-state index contributed by atoms with van der Waals surface area (Å²) in [4.78, 5) is 26.4. The van der Waals surface area contributed by atoms with E-state index in [9.17, 15) is 27.9 Å². The SMILES string of the molecule is Cc1c([B]OC(C)(C)C(C)(C)O)sc2c1c(=O)[nH]c(=O)n2CCC(F)(F)F. The van der Waals surface area contributed by atoms with Crippen molar-refractivity contribution in [2.75, 3.05) is 0 Å². The van der Waals surface area contributed by atoms with Gasteiger partial charge in [-0.2, -0.15) is 13.2 Å². The van der Waals surface area contributed by atoms with Gasteiger partial charge in [0.15, 0.2) is 0 Å². The summed E-state index contributed by atoms with van der Waals surface area (Å²) < 4.78 is 44.8. The first-order valence-electron chi connectivity index (χ1n) is 8.20. The minimum atomic E-state index is -4.43. The molecule has 2 N–H and O–H groups in total. The van der Waals surface area contributed by atoms with Crippen LogP contribution in [0.25, 0.3) is 10.2 Å². The second-order valence-corrected chi connectivity index (χ2v) is 8.38. The molecule has 0 aromatic carbocycles. The van der Waals surface area contributed by atoms with Gasteiger partial charge < -0.3 is 9.76 Å². The summed E-state index contributed by atoms with van der Waals surface area (Å²) in [5, 5.41) is 10.3. The van der Waals surface area contributed by atoms with E-state index in [2.05, 4.69) is 4.98 Å². The van der Waals surface area contributed by atoms with Crippen molar-refractivity contribution in [1.82, 2.24) is 9.55 Å². The molecule has 27 heavy (non-hydrogen) atoms. The molecule has 2 rings (SSSR count). The third-order valence-corrected chi connectivity index (χ3v) is 5.90. The molecule has 11 heteroatoms. The first-order chi connectivity index (χ1) is 12.1. The Balaban J connectivity index is 2.47. The van der Waals surface area contributed by atoms with Crippen molar-refractivity contribution in [2.45, 2.75) is 65.0 Å². The molecule has 0 saturated heterocycles. The van der Waals surface area contributed by atoms with Gasteiger partial charge in [-0.25, -0.2) is 4.79 Å². The number of hydrogen-bond donors (Lipinski definition) is 2. The molecule has 0 fully saturated rings. The molecule has 0 spiro atoms. The molecule has 2 aromatic rings. The lowest BCUT2D eigenvalue weighted by Gasteiger charge is -2.37. The van der Waals surface area contributed by atoms with Crippen molar-refractivity contribution in [3.63, 3.8) is 0 Å². The van der Waals surface area contributed by atoms with Gasteiger partial charge in [-0.05, 0) is 40.2 Å². The molecule has 149 valence electrons. The zero-order valence-corrected chi connectivity index (χ0v) is 16.5. The first-order valence-corrected chi connectivity index (χ1v) is 9.02. The fourth-order valence-corrected chi connectivity index (χ4v) is 3.38. The van der Waals surface area contributed by atoms with Crippen molar-refractivity contribution in [2.24, 2.45) is 0 Å². The molecule has 0 saturated carbocycles. The standard InChI is InChI=1S/C16H21BF3N2O4S/c1-8-9-11(23)21-13(24)22(7-6-16(18,19)20)12(9)27-10(8)17-26-15(4,5)14(2,3)25/h25H,6-7H2,1-5H3,(H,21,23,24). The molecule has 0 atom stereocenters. The molecule has 0 aliphatic carbocycles. The van der Waals surface area contributed by atoms with Crippen LogP contribution >= 0.6 is 11.3 Å². The molecule has 0 aliphatic heterocycles. The Kier molecular flexibility index (Phi) is 5.71. The Labute approximate surface area is 158 Å². The maximum atomic E-state index is 12.6. The number of thiophene rings is 1. The van der Waals surface area contributed by atoms with Crippen LogP contribution in [0.5, 0.6) is 0 Å². The molecular formula is C16H21BF3N2O4S. The summed E-state index contributed by atoms with van der Waals surface area (Å²) in [7, 11) is 1.36. The number of alkyl halides is 3. The van der Waals surface area contributed by atoms with Crippen molar-refractivity contribution in [1.29, 1.82) is 0 Å². The van der Waals surface area contributed by atoms with Gasteiger partial charge in [0.2, 0.25) is 0 Å². The van der Waals surface area contributed by atoms with Crippen LogP contribution in [-0.4, -0.2) is 39.5 Å². The number of aliphatic hydroxyl groups is 1. The fraction of sp³-hybridized carbons (Fsp3) is 0.625. The highest BCUT2D eigenvalue weighted by molar-refractivity contribution is 7.27. The molecule has 0 aliphatic rings. The lowest BCUT2D eigenvalue weighted by Crippen LogP contribution is -2.49. The van der Waals surface area contributed by atoms with Crippen molar-refractivity contribution >= 4 is 33.8 Å².